The first-order chi connectivity index (χ1) is 12.2. The number of hydrogen-bond acceptors (Lipinski definition) is 7. The quantitative estimate of drug-likeness (QED) is 0.604. The van der Waals surface area contributed by atoms with Gasteiger partial charge < -0.3 is 14.2 Å². The maximum absolute atomic E-state index is 11.7. The molecule has 0 unspecified atom stereocenters. The Kier molecular flexibility index (Phi) is 4.52. The molecule has 0 N–H and O–H groups in total. The van der Waals surface area contributed by atoms with Crippen LogP contribution in [0.3, 0.4) is 0 Å². The molecule has 130 valence electrons. The fourth-order valence-electron chi connectivity index (χ4n) is 2.93. The summed E-state index contributed by atoms with van der Waals surface area (Å²) in [6, 6.07) is 7.93. The second kappa shape index (κ2) is 6.95. The number of hydrogen-bond donors (Lipinski definition) is 0. The molecule has 1 fully saturated rings. The number of nitrogens with zero attached hydrogens (tertiary/aromatic N) is 1. The lowest BCUT2D eigenvalue weighted by Crippen LogP contribution is -2.35. The zero-order valence-electron chi connectivity index (χ0n) is 13.5. The van der Waals surface area contributed by atoms with Gasteiger partial charge in [0.05, 0.1) is 29.2 Å². The third kappa shape index (κ3) is 3.44. The van der Waals surface area contributed by atoms with E-state index in [0.29, 0.717) is 16.0 Å². The summed E-state index contributed by atoms with van der Waals surface area (Å²) < 4.78 is 15.7. The zero-order valence-corrected chi connectivity index (χ0v) is 14.3. The normalized spacial score (nSPS) is 17.4. The number of carbonyl (C=O) groups excluding carboxylic acids is 2. The van der Waals surface area contributed by atoms with Crippen LogP contribution >= 0.6 is 11.3 Å². The molecule has 0 aliphatic carbocycles. The highest BCUT2D eigenvalue weighted by Crippen LogP contribution is 2.30. The molecule has 0 amide bonds. The first kappa shape index (κ1) is 16.3. The Labute approximate surface area is 148 Å². The van der Waals surface area contributed by atoms with Crippen molar-refractivity contribution in [2.75, 3.05) is 26.3 Å². The van der Waals surface area contributed by atoms with E-state index in [4.69, 9.17) is 9.47 Å². The summed E-state index contributed by atoms with van der Waals surface area (Å²) in [5.41, 5.74) is 1.91. The summed E-state index contributed by atoms with van der Waals surface area (Å²) in [6.45, 7) is 4.63. The topological polar surface area (TPSA) is 65.1 Å². The van der Waals surface area contributed by atoms with E-state index < -0.39 is 11.9 Å². The molecule has 1 aromatic carbocycles. The van der Waals surface area contributed by atoms with Crippen LogP contribution in [0.4, 0.5) is 0 Å². The second-order valence-electron chi connectivity index (χ2n) is 5.95. The van der Waals surface area contributed by atoms with Gasteiger partial charge in [0.25, 0.3) is 0 Å². The molecular weight excluding hydrogens is 342 g/mol. The Morgan fingerprint density at radius 2 is 1.84 bits per heavy atom. The van der Waals surface area contributed by atoms with E-state index in [0.717, 1.165) is 38.6 Å². The van der Waals surface area contributed by atoms with Crippen molar-refractivity contribution in [1.29, 1.82) is 0 Å². The van der Waals surface area contributed by atoms with Gasteiger partial charge in [-0.3, -0.25) is 4.90 Å². The van der Waals surface area contributed by atoms with Crippen LogP contribution in [0, 0.1) is 0 Å². The molecule has 2 aliphatic heterocycles. The van der Waals surface area contributed by atoms with Crippen molar-refractivity contribution in [3.63, 3.8) is 0 Å². The summed E-state index contributed by atoms with van der Waals surface area (Å²) in [4.78, 5) is 26.2. The number of ether oxygens (including phenoxy) is 3. The molecule has 25 heavy (non-hydrogen) atoms. The number of cyclic esters (lactones) is 2. The van der Waals surface area contributed by atoms with Gasteiger partial charge >= 0.3 is 11.9 Å². The van der Waals surface area contributed by atoms with Gasteiger partial charge in [-0.15, -0.1) is 11.3 Å². The van der Waals surface area contributed by atoms with Crippen molar-refractivity contribution < 1.29 is 23.8 Å². The van der Waals surface area contributed by atoms with Crippen molar-refractivity contribution in [3.05, 3.63) is 51.2 Å². The first-order valence-corrected chi connectivity index (χ1v) is 8.97. The number of carbonyl (C=O) groups is 2. The minimum Gasteiger partial charge on any atom is -0.488 e. The molecule has 1 aromatic heterocycles. The molecule has 7 heteroatoms. The summed E-state index contributed by atoms with van der Waals surface area (Å²) in [6.07, 6.45) is 0. The van der Waals surface area contributed by atoms with Crippen LogP contribution in [-0.2, 0) is 22.6 Å². The lowest BCUT2D eigenvalue weighted by molar-refractivity contribution is 0.0342. The van der Waals surface area contributed by atoms with Gasteiger partial charge in [-0.2, -0.15) is 0 Å². The molecule has 0 radical (unpaired) electrons. The van der Waals surface area contributed by atoms with Crippen LogP contribution in [0.2, 0.25) is 0 Å². The third-order valence-corrected chi connectivity index (χ3v) is 5.24. The van der Waals surface area contributed by atoms with Gasteiger partial charge in [0.2, 0.25) is 0 Å². The van der Waals surface area contributed by atoms with Crippen LogP contribution in [0.5, 0.6) is 5.75 Å². The van der Waals surface area contributed by atoms with Crippen LogP contribution in [0.15, 0.2) is 29.6 Å². The SMILES string of the molecule is O=C1OC(=O)c2c1csc2COc1ccc(CN2CCOCC2)cc1. The van der Waals surface area contributed by atoms with Crippen molar-refractivity contribution in [1.82, 2.24) is 4.90 Å². The molecular formula is C18H17NO5S. The molecule has 2 aromatic rings. The van der Waals surface area contributed by atoms with E-state index in [1.807, 2.05) is 24.3 Å². The summed E-state index contributed by atoms with van der Waals surface area (Å²) >= 11 is 1.34. The van der Waals surface area contributed by atoms with Gasteiger partial charge in [-0.1, -0.05) is 12.1 Å². The summed E-state index contributed by atoms with van der Waals surface area (Å²) in [7, 11) is 0. The Bertz CT molecular complexity index is 792. The fourth-order valence-corrected chi connectivity index (χ4v) is 3.84. The number of morpholine rings is 1. The van der Waals surface area contributed by atoms with Crippen molar-refractivity contribution in [2.24, 2.45) is 0 Å². The lowest BCUT2D eigenvalue weighted by Gasteiger charge is -2.26. The third-order valence-electron chi connectivity index (χ3n) is 4.28. The molecule has 6 nitrogen and oxygen atoms in total. The molecule has 0 spiro atoms. The summed E-state index contributed by atoms with van der Waals surface area (Å²) in [5, 5.41) is 1.65. The molecule has 0 saturated carbocycles. The predicted octanol–water partition coefficient (Wildman–Crippen LogP) is 2.47. The van der Waals surface area contributed by atoms with Crippen LogP contribution in [-0.4, -0.2) is 43.1 Å². The van der Waals surface area contributed by atoms with E-state index in [1.165, 1.54) is 16.9 Å². The zero-order chi connectivity index (χ0) is 17.2. The molecule has 0 atom stereocenters. The number of rotatable bonds is 5. The van der Waals surface area contributed by atoms with Crippen LogP contribution in [0.1, 0.15) is 31.2 Å². The highest BCUT2D eigenvalue weighted by molar-refractivity contribution is 7.10. The van der Waals surface area contributed by atoms with Crippen molar-refractivity contribution in [2.45, 2.75) is 13.2 Å². The average Bonchev–Trinajstić information content (AvgIpc) is 3.17. The Morgan fingerprint density at radius 3 is 2.60 bits per heavy atom. The van der Waals surface area contributed by atoms with Crippen molar-refractivity contribution >= 4 is 23.3 Å². The summed E-state index contributed by atoms with van der Waals surface area (Å²) in [5.74, 6) is -0.429. The number of thiophene rings is 1. The molecule has 3 heterocycles. The fraction of sp³-hybridized carbons (Fsp3) is 0.333. The highest BCUT2D eigenvalue weighted by Gasteiger charge is 2.34. The van der Waals surface area contributed by atoms with E-state index in [-0.39, 0.29) is 6.61 Å². The van der Waals surface area contributed by atoms with Crippen molar-refractivity contribution in [3.8, 4) is 5.75 Å². The standard InChI is InChI=1S/C18H17NO5S/c20-17-14-11-25-15(16(14)18(21)24-17)10-23-13-3-1-12(2-4-13)9-19-5-7-22-8-6-19/h1-4,11H,5-10H2. The van der Waals surface area contributed by atoms with Crippen LogP contribution in [0.25, 0.3) is 0 Å². The van der Waals surface area contributed by atoms with E-state index in [1.54, 1.807) is 5.38 Å². The molecule has 1 saturated heterocycles. The number of benzene rings is 1. The van der Waals surface area contributed by atoms with Gasteiger partial charge in [0, 0.05) is 25.0 Å². The Hall–Kier alpha value is -2.22. The van der Waals surface area contributed by atoms with Gasteiger partial charge in [0.15, 0.2) is 0 Å². The van der Waals surface area contributed by atoms with Crippen LogP contribution < -0.4 is 4.74 Å². The van der Waals surface area contributed by atoms with E-state index in [9.17, 15) is 9.59 Å². The average molecular weight is 359 g/mol. The second-order valence-corrected chi connectivity index (χ2v) is 6.91. The smallest absolute Gasteiger partial charge is 0.348 e. The Morgan fingerprint density at radius 1 is 1.08 bits per heavy atom. The first-order valence-electron chi connectivity index (χ1n) is 8.09. The maximum atomic E-state index is 11.7. The van der Waals surface area contributed by atoms with E-state index in [2.05, 4.69) is 9.64 Å². The van der Waals surface area contributed by atoms with E-state index >= 15 is 0 Å². The largest absolute Gasteiger partial charge is 0.488 e. The lowest BCUT2D eigenvalue weighted by atomic mass is 10.2. The highest BCUT2D eigenvalue weighted by atomic mass is 32.1. The van der Waals surface area contributed by atoms with Gasteiger partial charge in [-0.05, 0) is 17.7 Å². The Balaban J connectivity index is 1.37. The number of fused-ring (bicyclic) bond motifs is 1. The van der Waals surface area contributed by atoms with Gasteiger partial charge in [-0.25, -0.2) is 9.59 Å². The monoisotopic (exact) mass is 359 g/mol. The minimum absolute atomic E-state index is 0.241. The predicted molar refractivity (Wildman–Crippen MR) is 90.9 cm³/mol. The maximum Gasteiger partial charge on any atom is 0.348 e. The minimum atomic E-state index is -0.583. The molecule has 0 bridgehead atoms. The number of esters is 2. The molecule has 4 rings (SSSR count). The molecule has 2 aliphatic rings. The van der Waals surface area contributed by atoms with Gasteiger partial charge in [0.1, 0.15) is 12.4 Å².